The second kappa shape index (κ2) is 6.03. The molecule has 3 atom stereocenters. The van der Waals surface area contributed by atoms with E-state index in [1.54, 1.807) is 0 Å². The lowest BCUT2D eigenvalue weighted by atomic mass is 9.46. The van der Waals surface area contributed by atoms with Crippen molar-refractivity contribution in [2.24, 2.45) is 17.1 Å². The van der Waals surface area contributed by atoms with Crippen molar-refractivity contribution < 1.29 is 14.3 Å². The summed E-state index contributed by atoms with van der Waals surface area (Å²) in [6, 6.07) is 0. The second-order valence-electron chi connectivity index (χ2n) is 6.89. The number of carbonyl (C=O) groups is 1. The highest BCUT2D eigenvalue weighted by Crippen LogP contribution is 2.57. The highest BCUT2D eigenvalue weighted by Gasteiger charge is 2.70. The molecule has 3 fully saturated rings. The van der Waals surface area contributed by atoms with Crippen molar-refractivity contribution in [2.75, 3.05) is 32.9 Å². The topological polar surface area (TPSA) is 64.8 Å². The average molecular weight is 319 g/mol. The van der Waals surface area contributed by atoms with Gasteiger partial charge < -0.3 is 20.1 Å². The van der Waals surface area contributed by atoms with Crippen molar-refractivity contribution in [1.29, 1.82) is 0 Å². The summed E-state index contributed by atoms with van der Waals surface area (Å²) < 4.78 is 11.3. The molecule has 6 heteroatoms. The fraction of sp³-hybridized carbons (Fsp3) is 0.933. The molecule has 0 aromatic heterocycles. The van der Waals surface area contributed by atoms with E-state index in [9.17, 15) is 4.79 Å². The number of nitrogens with two attached hydrogens (primary N) is 1. The Balaban J connectivity index is 0.00000161. The molecule has 2 N–H and O–H groups in total. The molecule has 0 aromatic carbocycles. The number of fused-ring (bicyclic) bond motifs is 1. The molecule has 0 radical (unpaired) electrons. The molecule has 2 saturated heterocycles. The van der Waals surface area contributed by atoms with Gasteiger partial charge in [0.05, 0.1) is 12.7 Å². The number of hydrogen-bond donors (Lipinski definition) is 1. The number of ether oxygens (including phenoxy) is 2. The minimum Gasteiger partial charge on any atom is -0.380 e. The number of nitrogens with zero attached hydrogens (tertiary/aromatic N) is 1. The van der Waals surface area contributed by atoms with Crippen LogP contribution in [0.4, 0.5) is 0 Å². The quantitative estimate of drug-likeness (QED) is 0.789. The standard InChI is InChI=1S/C15H26N2O3.ClH/c1-14(2)12-11(5-3-9-20-12)15(14,16)13(18)17-6-4-8-19-10-7-17;/h11-12H,3-10,16H2,1-2H3;1H. The molecular weight excluding hydrogens is 292 g/mol. The first kappa shape index (κ1) is 17.0. The van der Waals surface area contributed by atoms with Crippen LogP contribution < -0.4 is 5.73 Å². The molecule has 0 aromatic rings. The van der Waals surface area contributed by atoms with Gasteiger partial charge >= 0.3 is 0 Å². The van der Waals surface area contributed by atoms with Crippen molar-refractivity contribution in [1.82, 2.24) is 4.90 Å². The summed E-state index contributed by atoms with van der Waals surface area (Å²) in [6.45, 7) is 7.72. The van der Waals surface area contributed by atoms with Crippen LogP contribution in [0.2, 0.25) is 0 Å². The Morgan fingerprint density at radius 2 is 1.95 bits per heavy atom. The molecule has 1 amide bonds. The average Bonchev–Trinajstić information content (AvgIpc) is 2.74. The first-order valence-corrected chi connectivity index (χ1v) is 7.77. The van der Waals surface area contributed by atoms with Gasteiger partial charge in [-0.1, -0.05) is 13.8 Å². The van der Waals surface area contributed by atoms with Gasteiger partial charge in [-0.05, 0) is 19.3 Å². The van der Waals surface area contributed by atoms with Crippen LogP contribution in [0.5, 0.6) is 0 Å². The number of carbonyl (C=O) groups excluding carboxylic acids is 1. The van der Waals surface area contributed by atoms with Crippen molar-refractivity contribution in [3.8, 4) is 0 Å². The number of halogens is 1. The number of amides is 1. The molecule has 2 aliphatic heterocycles. The normalized spacial score (nSPS) is 38.5. The molecule has 0 bridgehead atoms. The van der Waals surface area contributed by atoms with Crippen LogP contribution in [-0.4, -0.2) is 55.4 Å². The van der Waals surface area contributed by atoms with Gasteiger partial charge in [0.1, 0.15) is 5.54 Å². The van der Waals surface area contributed by atoms with Gasteiger partial charge in [0.25, 0.3) is 0 Å². The lowest BCUT2D eigenvalue weighted by Crippen LogP contribution is -2.82. The smallest absolute Gasteiger partial charge is 0.243 e. The largest absolute Gasteiger partial charge is 0.380 e. The minimum atomic E-state index is -0.775. The van der Waals surface area contributed by atoms with Crippen molar-refractivity contribution >= 4 is 18.3 Å². The van der Waals surface area contributed by atoms with Crippen LogP contribution in [0.3, 0.4) is 0 Å². The Labute approximate surface area is 132 Å². The maximum absolute atomic E-state index is 13.0. The monoisotopic (exact) mass is 318 g/mol. The summed E-state index contributed by atoms with van der Waals surface area (Å²) in [4.78, 5) is 14.9. The van der Waals surface area contributed by atoms with Crippen LogP contribution in [-0.2, 0) is 14.3 Å². The van der Waals surface area contributed by atoms with Crippen molar-refractivity contribution in [3.05, 3.63) is 0 Å². The van der Waals surface area contributed by atoms with E-state index < -0.39 is 5.54 Å². The lowest BCUT2D eigenvalue weighted by molar-refractivity contribution is -0.230. The van der Waals surface area contributed by atoms with E-state index >= 15 is 0 Å². The highest BCUT2D eigenvalue weighted by molar-refractivity contribution is 5.89. The van der Waals surface area contributed by atoms with Crippen molar-refractivity contribution in [2.45, 2.75) is 44.8 Å². The van der Waals surface area contributed by atoms with Gasteiger partial charge in [-0.15, -0.1) is 12.4 Å². The van der Waals surface area contributed by atoms with E-state index in [4.69, 9.17) is 15.2 Å². The van der Waals surface area contributed by atoms with Gasteiger partial charge in [-0.25, -0.2) is 0 Å². The van der Waals surface area contributed by atoms with Gasteiger partial charge in [0.2, 0.25) is 5.91 Å². The van der Waals surface area contributed by atoms with E-state index in [0.29, 0.717) is 13.2 Å². The zero-order valence-corrected chi connectivity index (χ0v) is 13.8. The Morgan fingerprint density at radius 3 is 2.71 bits per heavy atom. The molecule has 2 heterocycles. The fourth-order valence-electron chi connectivity index (χ4n) is 4.22. The van der Waals surface area contributed by atoms with Crippen molar-refractivity contribution in [3.63, 3.8) is 0 Å². The molecule has 3 aliphatic rings. The molecule has 3 rings (SSSR count). The summed E-state index contributed by atoms with van der Waals surface area (Å²) in [5.74, 6) is 0.266. The lowest BCUT2D eigenvalue weighted by Gasteiger charge is -2.65. The van der Waals surface area contributed by atoms with E-state index in [0.717, 1.165) is 39.0 Å². The Morgan fingerprint density at radius 1 is 1.19 bits per heavy atom. The maximum atomic E-state index is 13.0. The molecule has 1 saturated carbocycles. The van der Waals surface area contributed by atoms with Gasteiger partial charge in [-0.2, -0.15) is 0 Å². The van der Waals surface area contributed by atoms with Crippen LogP contribution in [0, 0.1) is 11.3 Å². The van der Waals surface area contributed by atoms with Gasteiger partial charge in [0, 0.05) is 37.6 Å². The van der Waals surface area contributed by atoms with Gasteiger partial charge in [-0.3, -0.25) is 4.79 Å². The predicted octanol–water partition coefficient (Wildman–Crippen LogP) is 1.19. The zero-order chi connectivity index (χ0) is 14.4. The Kier molecular flexibility index (Phi) is 4.88. The number of rotatable bonds is 1. The Hall–Kier alpha value is -0.360. The van der Waals surface area contributed by atoms with Crippen LogP contribution >= 0.6 is 12.4 Å². The predicted molar refractivity (Wildman–Crippen MR) is 82.4 cm³/mol. The summed E-state index contributed by atoms with van der Waals surface area (Å²) in [7, 11) is 0. The molecular formula is C15H27ClN2O3. The zero-order valence-electron chi connectivity index (χ0n) is 13.0. The SMILES string of the molecule is CC1(C)C2OCCCC2C1(N)C(=O)N1CCCOCC1.Cl. The second-order valence-corrected chi connectivity index (χ2v) is 6.89. The molecule has 5 nitrogen and oxygen atoms in total. The summed E-state index contributed by atoms with van der Waals surface area (Å²) in [6.07, 6.45) is 3.04. The summed E-state index contributed by atoms with van der Waals surface area (Å²) >= 11 is 0. The molecule has 1 aliphatic carbocycles. The highest BCUT2D eigenvalue weighted by atomic mass is 35.5. The molecule has 0 spiro atoms. The Bertz CT molecular complexity index is 396. The van der Waals surface area contributed by atoms with Crippen LogP contribution in [0.15, 0.2) is 0 Å². The molecule has 3 unspecified atom stereocenters. The van der Waals surface area contributed by atoms with Crippen LogP contribution in [0.25, 0.3) is 0 Å². The summed E-state index contributed by atoms with van der Waals surface area (Å²) in [5.41, 5.74) is 5.58. The first-order valence-electron chi connectivity index (χ1n) is 7.77. The third-order valence-electron chi connectivity index (χ3n) is 5.55. The van der Waals surface area contributed by atoms with E-state index in [-0.39, 0.29) is 35.8 Å². The van der Waals surface area contributed by atoms with E-state index in [1.165, 1.54) is 0 Å². The van der Waals surface area contributed by atoms with E-state index in [2.05, 4.69) is 13.8 Å². The molecule has 21 heavy (non-hydrogen) atoms. The fourth-order valence-corrected chi connectivity index (χ4v) is 4.22. The third kappa shape index (κ3) is 2.38. The minimum absolute atomic E-state index is 0. The number of hydrogen-bond acceptors (Lipinski definition) is 4. The first-order chi connectivity index (χ1) is 9.49. The summed E-state index contributed by atoms with van der Waals surface area (Å²) in [5, 5.41) is 0. The van der Waals surface area contributed by atoms with Gasteiger partial charge in [0.15, 0.2) is 0 Å². The third-order valence-corrected chi connectivity index (χ3v) is 5.55. The maximum Gasteiger partial charge on any atom is 0.243 e. The van der Waals surface area contributed by atoms with E-state index in [1.807, 2.05) is 4.90 Å². The molecule has 122 valence electrons. The van der Waals surface area contributed by atoms with Crippen LogP contribution in [0.1, 0.15) is 33.1 Å².